The molecule has 0 saturated carbocycles. The molecule has 2 atom stereocenters. The molecule has 7 N–H and O–H groups in total. The number of nitrogens with one attached hydrogen (secondary N) is 3. The monoisotopic (exact) mass is 529 g/mol. The summed E-state index contributed by atoms with van der Waals surface area (Å²) in [6.07, 6.45) is -2.11. The number of aromatic nitrogens is 1. The fourth-order valence-electron chi connectivity index (χ4n) is 3.18. The second kappa shape index (κ2) is 13.7. The summed E-state index contributed by atoms with van der Waals surface area (Å²) in [7, 11) is 0. The maximum Gasteiger partial charge on any atom is 0.319 e. The van der Waals surface area contributed by atoms with Crippen molar-refractivity contribution in [2.45, 2.75) is 51.9 Å². The summed E-state index contributed by atoms with van der Waals surface area (Å²) in [6.45, 7) is 3.17. The lowest BCUT2D eigenvalue weighted by Crippen LogP contribution is -2.33. The highest BCUT2D eigenvalue weighted by molar-refractivity contribution is 7.11. The first-order chi connectivity index (χ1) is 17.0. The molecule has 1 heterocycles. The first kappa shape index (κ1) is 28.9. The van der Waals surface area contributed by atoms with Crippen LogP contribution < -0.4 is 26.4 Å². The molecule has 2 unspecified atom stereocenters. The van der Waals surface area contributed by atoms with E-state index in [0.29, 0.717) is 23.6 Å². The number of benzene rings is 1. The van der Waals surface area contributed by atoms with Gasteiger partial charge < -0.3 is 31.3 Å². The molecule has 198 valence electrons. The van der Waals surface area contributed by atoms with E-state index in [-0.39, 0.29) is 53.7 Å². The number of urea groups is 1. The molecular formula is C22H29F2N5O6S. The van der Waals surface area contributed by atoms with E-state index >= 15 is 0 Å². The molecule has 14 heteroatoms. The van der Waals surface area contributed by atoms with E-state index in [1.165, 1.54) is 6.92 Å². The van der Waals surface area contributed by atoms with E-state index in [0.717, 1.165) is 12.1 Å². The number of nitrogens with two attached hydrogens (primary N) is 1. The number of carbonyl (C=O) groups excluding carboxylic acids is 3. The summed E-state index contributed by atoms with van der Waals surface area (Å²) in [5.74, 6) is -3.24. The third-order valence-corrected chi connectivity index (χ3v) is 5.62. The van der Waals surface area contributed by atoms with Crippen molar-refractivity contribution in [3.63, 3.8) is 0 Å². The molecule has 0 spiro atoms. The highest BCUT2D eigenvalue weighted by Gasteiger charge is 2.23. The third-order valence-electron chi connectivity index (χ3n) is 4.88. The van der Waals surface area contributed by atoms with Gasteiger partial charge in [0.2, 0.25) is 11.8 Å². The molecule has 0 fully saturated rings. The van der Waals surface area contributed by atoms with Crippen molar-refractivity contribution in [2.75, 3.05) is 18.4 Å². The van der Waals surface area contributed by atoms with Gasteiger partial charge in [0.05, 0.1) is 24.2 Å². The van der Waals surface area contributed by atoms with Crippen molar-refractivity contribution in [3.05, 3.63) is 40.5 Å². The molecule has 0 aliphatic carbocycles. The van der Waals surface area contributed by atoms with Crippen LogP contribution in [0.15, 0.2) is 12.1 Å². The molecule has 0 bridgehead atoms. The van der Waals surface area contributed by atoms with Crippen LogP contribution in [0.25, 0.3) is 0 Å². The maximum atomic E-state index is 14.0. The predicted molar refractivity (Wildman–Crippen MR) is 128 cm³/mol. The average Bonchev–Trinajstić information content (AvgIpc) is 3.15. The van der Waals surface area contributed by atoms with Crippen LogP contribution >= 0.6 is 11.5 Å². The highest BCUT2D eigenvalue weighted by atomic mass is 32.1. The topological polar surface area (TPSA) is 176 Å². The van der Waals surface area contributed by atoms with Crippen LogP contribution in [0, 0.1) is 18.6 Å². The van der Waals surface area contributed by atoms with Gasteiger partial charge in [-0.15, -0.1) is 0 Å². The minimum Gasteiger partial charge on any atom is -0.471 e. The Morgan fingerprint density at radius 3 is 2.44 bits per heavy atom. The van der Waals surface area contributed by atoms with Crippen LogP contribution in [0.5, 0.6) is 5.88 Å². The summed E-state index contributed by atoms with van der Waals surface area (Å²) in [5, 5.41) is 27.2. The van der Waals surface area contributed by atoms with Gasteiger partial charge in [-0.3, -0.25) is 14.9 Å². The number of ether oxygens (including phenoxy) is 1. The first-order valence-corrected chi connectivity index (χ1v) is 11.8. The molecule has 0 saturated heterocycles. The summed E-state index contributed by atoms with van der Waals surface area (Å²) in [5.41, 5.74) is 5.13. The molecule has 0 aliphatic heterocycles. The van der Waals surface area contributed by atoms with Crippen LogP contribution in [0.2, 0.25) is 0 Å². The average molecular weight is 530 g/mol. The fraction of sp³-hybridized carbons (Fsp3) is 0.455. The number of aryl methyl sites for hydroxylation is 1. The number of amides is 4. The van der Waals surface area contributed by atoms with E-state index in [9.17, 15) is 33.4 Å². The molecule has 4 amide bonds. The molecule has 1 aromatic heterocycles. The smallest absolute Gasteiger partial charge is 0.319 e. The van der Waals surface area contributed by atoms with E-state index in [1.807, 2.05) is 0 Å². The summed E-state index contributed by atoms with van der Waals surface area (Å²) in [4.78, 5) is 35.5. The standard InChI is InChI=1S/C22H29F2N5O6S/c1-3-26-17(32)9-13(31)8-12(30)4-5-27-22(34)28-21-18(19(25)33)20(29-36-21)35-10-14-15(23)6-11(2)7-16(14)24/h6-7,12-13,30-31H,3-5,8-10H2,1-2H3,(H2,25,33)(H,26,32)(H2,27,28,34). The van der Waals surface area contributed by atoms with Gasteiger partial charge in [-0.05, 0) is 55.9 Å². The van der Waals surface area contributed by atoms with E-state index < -0.39 is 42.4 Å². The Hall–Kier alpha value is -3.36. The lowest BCUT2D eigenvalue weighted by molar-refractivity contribution is -0.123. The minimum atomic E-state index is -1.03. The Bertz CT molecular complexity index is 1060. The van der Waals surface area contributed by atoms with Crippen molar-refractivity contribution in [1.29, 1.82) is 0 Å². The Morgan fingerprint density at radius 2 is 1.83 bits per heavy atom. The number of aliphatic hydroxyl groups excluding tert-OH is 2. The summed E-state index contributed by atoms with van der Waals surface area (Å²) < 4.78 is 37.3. The lowest BCUT2D eigenvalue weighted by Gasteiger charge is -2.15. The normalized spacial score (nSPS) is 12.5. The SMILES string of the molecule is CCNC(=O)CC(O)CC(O)CCNC(=O)Nc1snc(OCc2c(F)cc(C)cc2F)c1C(N)=O. The van der Waals surface area contributed by atoms with Crippen molar-refractivity contribution in [2.24, 2.45) is 5.73 Å². The quantitative estimate of drug-likeness (QED) is 0.228. The zero-order valence-electron chi connectivity index (χ0n) is 19.8. The fourth-order valence-corrected chi connectivity index (χ4v) is 3.92. The number of carbonyl (C=O) groups is 3. The number of hydrogen-bond donors (Lipinski definition) is 6. The molecule has 11 nitrogen and oxygen atoms in total. The zero-order chi connectivity index (χ0) is 26.8. The molecule has 0 radical (unpaired) electrons. The number of anilines is 1. The number of aliphatic hydroxyl groups is 2. The van der Waals surface area contributed by atoms with Gasteiger partial charge >= 0.3 is 6.03 Å². The summed E-state index contributed by atoms with van der Waals surface area (Å²) >= 11 is 0.681. The number of primary amides is 1. The minimum absolute atomic E-state index is 0.0148. The van der Waals surface area contributed by atoms with Gasteiger partial charge in [0, 0.05) is 13.1 Å². The van der Waals surface area contributed by atoms with E-state index in [2.05, 4.69) is 20.3 Å². The molecule has 2 rings (SSSR count). The van der Waals surface area contributed by atoms with Gasteiger partial charge in [-0.25, -0.2) is 13.6 Å². The van der Waals surface area contributed by atoms with Gasteiger partial charge in [0.25, 0.3) is 5.91 Å². The number of nitrogens with zero attached hydrogens (tertiary/aromatic N) is 1. The second-order valence-electron chi connectivity index (χ2n) is 7.92. The molecule has 36 heavy (non-hydrogen) atoms. The Balaban J connectivity index is 1.89. The van der Waals surface area contributed by atoms with Gasteiger partial charge in [-0.2, -0.15) is 4.37 Å². The summed E-state index contributed by atoms with van der Waals surface area (Å²) in [6, 6.07) is 1.53. The zero-order valence-corrected chi connectivity index (χ0v) is 20.6. The Labute approximate surface area is 210 Å². The van der Waals surface area contributed by atoms with Crippen LogP contribution in [0.1, 0.15) is 47.7 Å². The Morgan fingerprint density at radius 1 is 1.17 bits per heavy atom. The van der Waals surface area contributed by atoms with Gasteiger partial charge in [0.1, 0.15) is 28.8 Å². The molecule has 1 aromatic carbocycles. The molecular weight excluding hydrogens is 500 g/mol. The second-order valence-corrected chi connectivity index (χ2v) is 8.70. The van der Waals surface area contributed by atoms with Crippen molar-refractivity contribution < 1.29 is 38.1 Å². The highest BCUT2D eigenvalue weighted by Crippen LogP contribution is 2.31. The van der Waals surface area contributed by atoms with Crippen LogP contribution in [-0.2, 0) is 11.4 Å². The first-order valence-electron chi connectivity index (χ1n) is 11.1. The lowest BCUT2D eigenvalue weighted by atomic mass is 10.1. The van der Waals surface area contributed by atoms with Crippen LogP contribution in [0.3, 0.4) is 0 Å². The van der Waals surface area contributed by atoms with E-state index in [4.69, 9.17) is 10.5 Å². The molecule has 2 aromatic rings. The van der Waals surface area contributed by atoms with Gasteiger partial charge in [-0.1, -0.05) is 0 Å². The molecule has 0 aliphatic rings. The van der Waals surface area contributed by atoms with Crippen LogP contribution in [0.4, 0.5) is 18.6 Å². The number of halogens is 2. The predicted octanol–water partition coefficient (Wildman–Crippen LogP) is 1.56. The largest absolute Gasteiger partial charge is 0.471 e. The number of rotatable bonds is 13. The number of hydrogen-bond acceptors (Lipinski definition) is 8. The van der Waals surface area contributed by atoms with Crippen LogP contribution in [-0.4, -0.2) is 57.7 Å². The van der Waals surface area contributed by atoms with Crippen molar-refractivity contribution >= 4 is 34.4 Å². The van der Waals surface area contributed by atoms with E-state index in [1.54, 1.807) is 6.92 Å². The Kier molecular flexibility index (Phi) is 11.0. The van der Waals surface area contributed by atoms with Crippen molar-refractivity contribution in [1.82, 2.24) is 15.0 Å². The third kappa shape index (κ3) is 8.70. The van der Waals surface area contributed by atoms with Gasteiger partial charge in [0.15, 0.2) is 0 Å². The van der Waals surface area contributed by atoms with Crippen molar-refractivity contribution in [3.8, 4) is 5.88 Å². The maximum absolute atomic E-state index is 14.0.